The topological polar surface area (TPSA) is 43.1 Å². The van der Waals surface area contributed by atoms with Crippen molar-refractivity contribution in [3.63, 3.8) is 0 Å². The molecule has 0 heterocycles. The number of rotatable bonds is 5. The van der Waals surface area contributed by atoms with Crippen LogP contribution < -0.4 is 5.73 Å². The summed E-state index contributed by atoms with van der Waals surface area (Å²) in [6.07, 6.45) is 7.02. The molecular weight excluding hydrogens is 194 g/mol. The van der Waals surface area contributed by atoms with Gasteiger partial charge in [-0.2, -0.15) is 0 Å². The highest BCUT2D eigenvalue weighted by Gasteiger charge is 2.23. The van der Waals surface area contributed by atoms with Gasteiger partial charge in [-0.15, -0.1) is 0 Å². The van der Waals surface area contributed by atoms with Crippen LogP contribution in [0.15, 0.2) is 0 Å². The van der Waals surface area contributed by atoms with E-state index in [0.717, 1.165) is 31.1 Å². The SMILES string of the molecule is CC1CCCC(S(=O)CCCCN)C1. The van der Waals surface area contributed by atoms with Gasteiger partial charge in [-0.25, -0.2) is 0 Å². The molecule has 0 saturated heterocycles. The van der Waals surface area contributed by atoms with Gasteiger partial charge in [-0.05, 0) is 38.1 Å². The quantitative estimate of drug-likeness (QED) is 0.716. The highest BCUT2D eigenvalue weighted by molar-refractivity contribution is 7.85. The Bertz CT molecular complexity index is 184. The Morgan fingerprint density at radius 2 is 2.14 bits per heavy atom. The van der Waals surface area contributed by atoms with Gasteiger partial charge in [-0.3, -0.25) is 4.21 Å². The predicted molar refractivity (Wildman–Crippen MR) is 62.7 cm³/mol. The van der Waals surface area contributed by atoms with E-state index in [9.17, 15) is 4.21 Å². The van der Waals surface area contributed by atoms with E-state index < -0.39 is 10.8 Å². The van der Waals surface area contributed by atoms with E-state index in [1.165, 1.54) is 25.7 Å². The van der Waals surface area contributed by atoms with Crippen molar-refractivity contribution < 1.29 is 4.21 Å². The van der Waals surface area contributed by atoms with E-state index in [4.69, 9.17) is 5.73 Å². The molecule has 1 aliphatic carbocycles. The van der Waals surface area contributed by atoms with E-state index in [-0.39, 0.29) is 0 Å². The zero-order chi connectivity index (χ0) is 10.4. The van der Waals surface area contributed by atoms with E-state index >= 15 is 0 Å². The minimum atomic E-state index is -0.584. The fourth-order valence-electron chi connectivity index (χ4n) is 2.17. The lowest BCUT2D eigenvalue weighted by molar-refractivity contribution is 0.389. The van der Waals surface area contributed by atoms with E-state index in [0.29, 0.717) is 5.25 Å². The molecule has 2 nitrogen and oxygen atoms in total. The molecular formula is C11H23NOS. The van der Waals surface area contributed by atoms with Gasteiger partial charge in [0.2, 0.25) is 0 Å². The van der Waals surface area contributed by atoms with Crippen LogP contribution in [-0.2, 0) is 10.8 Å². The maximum Gasteiger partial charge on any atom is 0.0350 e. The van der Waals surface area contributed by atoms with Crippen LogP contribution in [0.25, 0.3) is 0 Å². The number of hydrogen-bond acceptors (Lipinski definition) is 2. The summed E-state index contributed by atoms with van der Waals surface area (Å²) in [5.74, 6) is 1.65. The van der Waals surface area contributed by atoms with Crippen molar-refractivity contribution in [2.24, 2.45) is 11.7 Å². The second-order valence-electron chi connectivity index (χ2n) is 4.47. The molecule has 0 aliphatic heterocycles. The lowest BCUT2D eigenvalue weighted by atomic mass is 9.91. The van der Waals surface area contributed by atoms with Crippen LogP contribution >= 0.6 is 0 Å². The van der Waals surface area contributed by atoms with Gasteiger partial charge in [0.15, 0.2) is 0 Å². The third-order valence-electron chi connectivity index (χ3n) is 3.06. The average Bonchev–Trinajstić information content (AvgIpc) is 2.18. The first-order chi connectivity index (χ1) is 6.74. The van der Waals surface area contributed by atoms with Crippen molar-refractivity contribution >= 4 is 10.8 Å². The first-order valence-electron chi connectivity index (χ1n) is 5.81. The van der Waals surface area contributed by atoms with Gasteiger partial charge in [-0.1, -0.05) is 19.8 Å². The summed E-state index contributed by atoms with van der Waals surface area (Å²) in [7, 11) is -0.584. The first kappa shape index (κ1) is 12.2. The zero-order valence-electron chi connectivity index (χ0n) is 9.21. The Kier molecular flexibility index (Phi) is 5.71. The standard InChI is InChI=1S/C11H23NOS/c1-10-5-4-6-11(9-10)14(13)8-3-2-7-12/h10-11H,2-9,12H2,1H3. The third-order valence-corrected chi connectivity index (χ3v) is 4.92. The van der Waals surface area contributed by atoms with Crippen molar-refractivity contribution in [1.29, 1.82) is 0 Å². The molecule has 0 aromatic heterocycles. The van der Waals surface area contributed by atoms with E-state index in [1.807, 2.05) is 0 Å². The molecule has 1 saturated carbocycles. The van der Waals surface area contributed by atoms with Gasteiger partial charge in [0.1, 0.15) is 0 Å². The second-order valence-corrected chi connectivity index (χ2v) is 6.31. The van der Waals surface area contributed by atoms with Gasteiger partial charge in [0.05, 0.1) is 0 Å². The van der Waals surface area contributed by atoms with E-state index in [1.54, 1.807) is 0 Å². The fraction of sp³-hybridized carbons (Fsp3) is 1.00. The summed E-state index contributed by atoms with van der Waals surface area (Å²) in [5.41, 5.74) is 5.42. The van der Waals surface area contributed by atoms with Crippen molar-refractivity contribution in [1.82, 2.24) is 0 Å². The molecule has 3 atom stereocenters. The molecule has 3 unspecified atom stereocenters. The molecule has 1 rings (SSSR count). The summed E-state index contributed by atoms with van der Waals surface area (Å²) >= 11 is 0. The minimum Gasteiger partial charge on any atom is -0.330 e. The molecule has 3 heteroatoms. The second kappa shape index (κ2) is 6.57. The molecule has 1 fully saturated rings. The third kappa shape index (κ3) is 4.09. The van der Waals surface area contributed by atoms with Gasteiger partial charge >= 0.3 is 0 Å². The molecule has 1 aliphatic rings. The lowest BCUT2D eigenvalue weighted by Gasteiger charge is -2.25. The lowest BCUT2D eigenvalue weighted by Crippen LogP contribution is -2.24. The van der Waals surface area contributed by atoms with Crippen LogP contribution in [0.4, 0.5) is 0 Å². The molecule has 14 heavy (non-hydrogen) atoms. The van der Waals surface area contributed by atoms with Crippen molar-refractivity contribution in [3.8, 4) is 0 Å². The maximum atomic E-state index is 11.9. The van der Waals surface area contributed by atoms with Gasteiger partial charge in [0, 0.05) is 21.8 Å². The summed E-state index contributed by atoms with van der Waals surface area (Å²) in [6.45, 7) is 3.02. The Balaban J connectivity index is 2.22. The number of unbranched alkanes of at least 4 members (excludes halogenated alkanes) is 1. The van der Waals surface area contributed by atoms with Crippen LogP contribution in [0.2, 0.25) is 0 Å². The normalized spacial score (nSPS) is 30.1. The fourth-order valence-corrected chi connectivity index (χ4v) is 3.97. The first-order valence-corrected chi connectivity index (χ1v) is 7.19. The van der Waals surface area contributed by atoms with Crippen LogP contribution in [0.1, 0.15) is 45.4 Å². The predicted octanol–water partition coefficient (Wildman–Crippen LogP) is 2.05. The Morgan fingerprint density at radius 1 is 1.36 bits per heavy atom. The van der Waals surface area contributed by atoms with Crippen LogP contribution in [0, 0.1) is 5.92 Å². The van der Waals surface area contributed by atoms with E-state index in [2.05, 4.69) is 6.92 Å². The number of nitrogens with two attached hydrogens (primary N) is 1. The minimum absolute atomic E-state index is 0.483. The molecule has 2 N–H and O–H groups in total. The highest BCUT2D eigenvalue weighted by Crippen LogP contribution is 2.27. The molecule has 0 amide bonds. The Labute approximate surface area is 90.1 Å². The molecule has 0 aromatic rings. The summed E-state index contributed by atoms with van der Waals surface area (Å²) in [6, 6.07) is 0. The average molecular weight is 217 g/mol. The van der Waals surface area contributed by atoms with Crippen LogP contribution in [0.5, 0.6) is 0 Å². The highest BCUT2D eigenvalue weighted by atomic mass is 32.2. The smallest absolute Gasteiger partial charge is 0.0350 e. The summed E-state index contributed by atoms with van der Waals surface area (Å²) in [4.78, 5) is 0. The Morgan fingerprint density at radius 3 is 2.79 bits per heavy atom. The van der Waals surface area contributed by atoms with Crippen LogP contribution in [-0.4, -0.2) is 21.8 Å². The van der Waals surface area contributed by atoms with Crippen molar-refractivity contribution in [2.75, 3.05) is 12.3 Å². The zero-order valence-corrected chi connectivity index (χ0v) is 10.0. The molecule has 0 bridgehead atoms. The van der Waals surface area contributed by atoms with Crippen molar-refractivity contribution in [3.05, 3.63) is 0 Å². The monoisotopic (exact) mass is 217 g/mol. The molecule has 84 valence electrons. The molecule has 0 aromatic carbocycles. The summed E-state index contributed by atoms with van der Waals surface area (Å²) in [5, 5.41) is 0.483. The van der Waals surface area contributed by atoms with Crippen molar-refractivity contribution in [2.45, 2.75) is 50.7 Å². The van der Waals surface area contributed by atoms with Gasteiger partial charge < -0.3 is 5.73 Å². The summed E-state index contributed by atoms with van der Waals surface area (Å²) < 4.78 is 11.9. The number of hydrogen-bond donors (Lipinski definition) is 1. The largest absolute Gasteiger partial charge is 0.330 e. The van der Waals surface area contributed by atoms with Gasteiger partial charge in [0.25, 0.3) is 0 Å². The molecule has 0 spiro atoms. The van der Waals surface area contributed by atoms with Crippen LogP contribution in [0.3, 0.4) is 0 Å². The Hall–Kier alpha value is 0.110. The molecule has 0 radical (unpaired) electrons. The maximum absolute atomic E-state index is 11.9.